The van der Waals surface area contributed by atoms with Crippen LogP contribution in [-0.2, 0) is 14.3 Å². The van der Waals surface area contributed by atoms with Crippen LogP contribution in [0.5, 0.6) is 0 Å². The van der Waals surface area contributed by atoms with Gasteiger partial charge >= 0.3 is 5.97 Å². The zero-order valence-corrected chi connectivity index (χ0v) is 37.9. The van der Waals surface area contributed by atoms with Crippen molar-refractivity contribution in [2.45, 2.75) is 238 Å². The largest absolute Gasteiger partial charge is 0.462 e. The van der Waals surface area contributed by atoms with Crippen molar-refractivity contribution in [3.63, 3.8) is 0 Å². The smallest absolute Gasteiger partial charge is 0.306 e. The fraction of sp³-hybridized carbons (Fsp3) is 0.731. The summed E-state index contributed by atoms with van der Waals surface area (Å²) >= 11 is 0. The first-order valence-corrected chi connectivity index (χ1v) is 24.2. The zero-order chi connectivity index (χ0) is 42.4. The Morgan fingerprint density at radius 3 is 1.31 bits per heavy atom. The van der Waals surface area contributed by atoms with Gasteiger partial charge in [0.15, 0.2) is 0 Å². The highest BCUT2D eigenvalue weighted by molar-refractivity contribution is 5.77. The Labute approximate surface area is 358 Å². The number of hydrogen-bond acceptors (Lipinski definition) is 5. The van der Waals surface area contributed by atoms with E-state index in [9.17, 15) is 19.8 Å². The second kappa shape index (κ2) is 45.4. The van der Waals surface area contributed by atoms with Gasteiger partial charge in [-0.25, -0.2) is 0 Å². The van der Waals surface area contributed by atoms with Crippen LogP contribution >= 0.6 is 0 Å². The van der Waals surface area contributed by atoms with Crippen molar-refractivity contribution in [2.75, 3.05) is 6.61 Å². The van der Waals surface area contributed by atoms with Crippen LogP contribution in [-0.4, -0.2) is 46.9 Å². The Balaban J connectivity index is 4.65. The maximum absolute atomic E-state index is 13.1. The van der Waals surface area contributed by atoms with Gasteiger partial charge in [-0.3, -0.25) is 9.59 Å². The second-order valence-electron chi connectivity index (χ2n) is 16.1. The average Bonchev–Trinajstić information content (AvgIpc) is 3.22. The van der Waals surface area contributed by atoms with E-state index < -0.39 is 18.2 Å². The molecule has 1 amide bonds. The van der Waals surface area contributed by atoms with Gasteiger partial charge < -0.3 is 20.3 Å². The molecule has 0 bridgehead atoms. The normalized spacial score (nSPS) is 13.9. The number of aliphatic hydroxyl groups excluding tert-OH is 2. The molecule has 6 heteroatoms. The van der Waals surface area contributed by atoms with Crippen LogP contribution in [0.15, 0.2) is 72.9 Å². The molecule has 0 saturated heterocycles. The summed E-state index contributed by atoms with van der Waals surface area (Å²) in [6, 6.07) is -0.715. The van der Waals surface area contributed by atoms with Gasteiger partial charge in [-0.1, -0.05) is 216 Å². The number of hydrogen-bond donors (Lipinski definition) is 3. The molecule has 0 aliphatic rings. The molecule has 58 heavy (non-hydrogen) atoms. The number of carbonyl (C=O) groups excluding carboxylic acids is 2. The van der Waals surface area contributed by atoms with E-state index in [1.807, 2.05) is 6.08 Å². The van der Waals surface area contributed by atoms with Gasteiger partial charge in [0.05, 0.1) is 25.2 Å². The molecule has 3 atom stereocenters. The monoisotopic (exact) mass is 810 g/mol. The van der Waals surface area contributed by atoms with Gasteiger partial charge in [-0.05, 0) is 64.2 Å². The van der Waals surface area contributed by atoms with E-state index in [0.29, 0.717) is 19.3 Å². The van der Waals surface area contributed by atoms with Crippen molar-refractivity contribution in [3.05, 3.63) is 72.9 Å². The van der Waals surface area contributed by atoms with Crippen molar-refractivity contribution in [1.29, 1.82) is 0 Å². The molecule has 0 saturated carbocycles. The fourth-order valence-electron chi connectivity index (χ4n) is 6.93. The van der Waals surface area contributed by atoms with E-state index >= 15 is 0 Å². The minimum Gasteiger partial charge on any atom is -0.462 e. The second-order valence-corrected chi connectivity index (χ2v) is 16.1. The van der Waals surface area contributed by atoms with Crippen molar-refractivity contribution < 1.29 is 24.5 Å². The zero-order valence-electron chi connectivity index (χ0n) is 37.9. The molecule has 0 aromatic rings. The molecule has 0 aromatic carbocycles. The maximum atomic E-state index is 13.1. The first-order valence-electron chi connectivity index (χ1n) is 24.2. The summed E-state index contributed by atoms with van der Waals surface area (Å²) in [5.41, 5.74) is 0. The first-order chi connectivity index (χ1) is 28.5. The van der Waals surface area contributed by atoms with Crippen molar-refractivity contribution in [1.82, 2.24) is 5.32 Å². The SMILES string of the molecule is CC/C=C\C/C=C\C/C=C\C/C=C\C/C=C\C/C=C\CCC(=O)OC(CCCCCCCCCCCC)CC(=O)NC(CO)C(O)CCCCCCCCCCCC. The van der Waals surface area contributed by atoms with E-state index in [1.54, 1.807) is 0 Å². The highest BCUT2D eigenvalue weighted by Gasteiger charge is 2.24. The summed E-state index contributed by atoms with van der Waals surface area (Å²) in [5, 5.41) is 23.6. The number of rotatable bonds is 42. The lowest BCUT2D eigenvalue weighted by Gasteiger charge is -2.24. The maximum Gasteiger partial charge on any atom is 0.306 e. The minimum absolute atomic E-state index is 0.0462. The quantitative estimate of drug-likeness (QED) is 0.0324. The topological polar surface area (TPSA) is 95.9 Å². The number of nitrogens with one attached hydrogen (secondary N) is 1. The number of allylic oxidation sites excluding steroid dienone is 12. The molecule has 6 nitrogen and oxygen atoms in total. The predicted octanol–water partition coefficient (Wildman–Crippen LogP) is 14.2. The van der Waals surface area contributed by atoms with Crippen LogP contribution in [0.25, 0.3) is 0 Å². The molecule has 0 aliphatic heterocycles. The van der Waals surface area contributed by atoms with E-state index in [4.69, 9.17) is 4.74 Å². The molecule has 0 fully saturated rings. The molecule has 0 aromatic heterocycles. The predicted molar refractivity (Wildman–Crippen MR) is 250 cm³/mol. The minimum atomic E-state index is -0.799. The Hall–Kier alpha value is -2.70. The van der Waals surface area contributed by atoms with E-state index in [-0.39, 0.29) is 31.3 Å². The summed E-state index contributed by atoms with van der Waals surface area (Å²) in [6.07, 6.45) is 56.9. The molecule has 0 aliphatic carbocycles. The van der Waals surface area contributed by atoms with Gasteiger partial charge in [0.2, 0.25) is 5.91 Å². The third-order valence-electron chi connectivity index (χ3n) is 10.6. The van der Waals surface area contributed by atoms with Crippen LogP contribution in [0.2, 0.25) is 0 Å². The highest BCUT2D eigenvalue weighted by Crippen LogP contribution is 2.17. The van der Waals surface area contributed by atoms with Crippen LogP contribution in [0.4, 0.5) is 0 Å². The Bertz CT molecular complexity index is 1090. The summed E-state index contributed by atoms with van der Waals surface area (Å²) in [4.78, 5) is 26.0. The van der Waals surface area contributed by atoms with Gasteiger partial charge in [0, 0.05) is 6.42 Å². The van der Waals surface area contributed by atoms with E-state index in [0.717, 1.165) is 77.0 Å². The summed E-state index contributed by atoms with van der Waals surface area (Å²) < 4.78 is 5.86. The Morgan fingerprint density at radius 1 is 0.517 bits per heavy atom. The molecular formula is C52H91NO5. The average molecular weight is 810 g/mol. The third kappa shape index (κ3) is 40.1. The van der Waals surface area contributed by atoms with Crippen molar-refractivity contribution in [2.24, 2.45) is 0 Å². The van der Waals surface area contributed by atoms with E-state index in [2.05, 4.69) is 92.9 Å². The van der Waals surface area contributed by atoms with Crippen LogP contribution in [0.1, 0.15) is 220 Å². The summed E-state index contributed by atoms with van der Waals surface area (Å²) in [6.45, 7) is 6.32. The number of ether oxygens (including phenoxy) is 1. The molecule has 3 unspecified atom stereocenters. The van der Waals surface area contributed by atoms with Crippen LogP contribution in [0.3, 0.4) is 0 Å². The lowest BCUT2D eigenvalue weighted by atomic mass is 10.0. The summed E-state index contributed by atoms with van der Waals surface area (Å²) in [5.74, 6) is -0.577. The van der Waals surface area contributed by atoms with Crippen LogP contribution in [0, 0.1) is 0 Å². The number of amides is 1. The summed E-state index contributed by atoms with van der Waals surface area (Å²) in [7, 11) is 0. The third-order valence-corrected chi connectivity index (χ3v) is 10.6. The molecular weight excluding hydrogens is 719 g/mol. The van der Waals surface area contributed by atoms with Crippen molar-refractivity contribution in [3.8, 4) is 0 Å². The number of carbonyl (C=O) groups is 2. The van der Waals surface area contributed by atoms with E-state index in [1.165, 1.54) is 89.9 Å². The molecule has 334 valence electrons. The molecule has 0 heterocycles. The molecule has 0 spiro atoms. The Kier molecular flexibility index (Phi) is 43.3. The fourth-order valence-corrected chi connectivity index (χ4v) is 6.93. The van der Waals surface area contributed by atoms with Gasteiger partial charge in [0.1, 0.15) is 6.10 Å². The van der Waals surface area contributed by atoms with Crippen molar-refractivity contribution >= 4 is 11.9 Å². The number of esters is 1. The molecule has 0 rings (SSSR count). The van der Waals surface area contributed by atoms with Gasteiger partial charge in [0.25, 0.3) is 0 Å². The van der Waals surface area contributed by atoms with Crippen LogP contribution < -0.4 is 5.32 Å². The standard InChI is InChI=1S/C52H91NO5/c1-4-7-10-13-16-19-22-23-24-25-26-27-28-29-30-33-36-39-42-45-52(57)58-48(43-40-37-34-31-20-17-14-11-8-5-2)46-51(56)53-49(47-54)50(55)44-41-38-35-32-21-18-15-12-9-6-3/h7,10,16,19,23-24,26-27,29-30,36,39,48-50,54-55H,4-6,8-9,11-15,17-18,20-22,25,28,31-35,37-38,40-47H2,1-3H3,(H,53,56)/b10-7-,19-16-,24-23-,27-26-,30-29-,39-36-. The van der Waals surface area contributed by atoms with Gasteiger partial charge in [-0.15, -0.1) is 0 Å². The molecule has 3 N–H and O–H groups in total. The molecule has 0 radical (unpaired) electrons. The lowest BCUT2D eigenvalue weighted by molar-refractivity contribution is -0.150. The highest BCUT2D eigenvalue weighted by atomic mass is 16.5. The van der Waals surface area contributed by atoms with Gasteiger partial charge in [-0.2, -0.15) is 0 Å². The first kappa shape index (κ1) is 55.3. The Morgan fingerprint density at radius 2 is 0.897 bits per heavy atom. The lowest BCUT2D eigenvalue weighted by Crippen LogP contribution is -2.46. The number of unbranched alkanes of at least 4 members (excludes halogenated alkanes) is 18. The number of aliphatic hydroxyl groups is 2.